The normalized spacial score (nSPS) is 13.0. The van der Waals surface area contributed by atoms with Crippen molar-refractivity contribution in [2.45, 2.75) is 19.9 Å². The Bertz CT molecular complexity index is 515. The van der Waals surface area contributed by atoms with Gasteiger partial charge in [0, 0.05) is 11.8 Å². The summed E-state index contributed by atoms with van der Waals surface area (Å²) in [7, 11) is 0. The van der Waals surface area contributed by atoms with E-state index in [4.69, 9.17) is 5.73 Å². The van der Waals surface area contributed by atoms with E-state index >= 15 is 0 Å². The lowest BCUT2D eigenvalue weighted by Crippen LogP contribution is -2.26. The van der Waals surface area contributed by atoms with Gasteiger partial charge in [-0.25, -0.2) is 9.97 Å². The summed E-state index contributed by atoms with van der Waals surface area (Å²) >= 11 is 0. The lowest BCUT2D eigenvalue weighted by Gasteiger charge is -2.04. The smallest absolute Gasteiger partial charge is 0.181 e. The zero-order chi connectivity index (χ0) is 11.0. The SMILES string of the molecule is Cc1nc2nccc(C(=O)C(C)N)c2[nH]1. The average molecular weight is 204 g/mol. The summed E-state index contributed by atoms with van der Waals surface area (Å²) in [4.78, 5) is 23.0. The van der Waals surface area contributed by atoms with Gasteiger partial charge >= 0.3 is 0 Å². The van der Waals surface area contributed by atoms with Gasteiger partial charge in [-0.05, 0) is 19.9 Å². The number of pyridine rings is 1. The molecule has 0 saturated carbocycles. The largest absolute Gasteiger partial charge is 0.340 e. The Morgan fingerprint density at radius 1 is 1.60 bits per heavy atom. The van der Waals surface area contributed by atoms with Crippen LogP contribution in [0.15, 0.2) is 12.3 Å². The highest BCUT2D eigenvalue weighted by atomic mass is 16.1. The topological polar surface area (TPSA) is 84.7 Å². The molecule has 0 aliphatic rings. The van der Waals surface area contributed by atoms with E-state index in [1.54, 1.807) is 19.2 Å². The van der Waals surface area contributed by atoms with Crippen LogP contribution in [0.2, 0.25) is 0 Å². The fourth-order valence-electron chi connectivity index (χ4n) is 1.48. The van der Waals surface area contributed by atoms with Crippen molar-refractivity contribution in [3.05, 3.63) is 23.7 Å². The number of ketones is 1. The van der Waals surface area contributed by atoms with Crippen LogP contribution in [-0.2, 0) is 0 Å². The van der Waals surface area contributed by atoms with Crippen LogP contribution >= 0.6 is 0 Å². The first-order chi connectivity index (χ1) is 7.09. The number of aryl methyl sites for hydroxylation is 1. The molecule has 2 rings (SSSR count). The first-order valence-electron chi connectivity index (χ1n) is 4.70. The van der Waals surface area contributed by atoms with Gasteiger partial charge < -0.3 is 10.7 Å². The number of rotatable bonds is 2. The molecular weight excluding hydrogens is 192 g/mol. The molecule has 2 aromatic rings. The van der Waals surface area contributed by atoms with Gasteiger partial charge in [0.1, 0.15) is 5.82 Å². The Labute approximate surface area is 86.7 Å². The molecule has 1 unspecified atom stereocenters. The minimum Gasteiger partial charge on any atom is -0.340 e. The summed E-state index contributed by atoms with van der Waals surface area (Å²) in [5.41, 5.74) is 7.33. The van der Waals surface area contributed by atoms with E-state index in [-0.39, 0.29) is 5.78 Å². The molecule has 0 aromatic carbocycles. The zero-order valence-corrected chi connectivity index (χ0v) is 8.61. The summed E-state index contributed by atoms with van der Waals surface area (Å²) in [6.45, 7) is 3.49. The van der Waals surface area contributed by atoms with Crippen molar-refractivity contribution >= 4 is 16.9 Å². The number of imidazole rings is 1. The highest BCUT2D eigenvalue weighted by molar-refractivity contribution is 6.07. The minimum absolute atomic E-state index is 0.106. The van der Waals surface area contributed by atoms with Crippen molar-refractivity contribution in [1.82, 2.24) is 15.0 Å². The highest BCUT2D eigenvalue weighted by Gasteiger charge is 2.16. The molecule has 0 aliphatic heterocycles. The van der Waals surface area contributed by atoms with E-state index in [2.05, 4.69) is 15.0 Å². The lowest BCUT2D eigenvalue weighted by molar-refractivity contribution is 0.0969. The van der Waals surface area contributed by atoms with Crippen LogP contribution in [0.5, 0.6) is 0 Å². The van der Waals surface area contributed by atoms with Crippen molar-refractivity contribution in [2.75, 3.05) is 0 Å². The van der Waals surface area contributed by atoms with Gasteiger partial charge in [0.2, 0.25) is 0 Å². The third-order valence-electron chi connectivity index (χ3n) is 2.19. The quantitative estimate of drug-likeness (QED) is 0.708. The summed E-state index contributed by atoms with van der Waals surface area (Å²) in [6.07, 6.45) is 1.57. The van der Waals surface area contributed by atoms with Gasteiger partial charge in [-0.15, -0.1) is 0 Å². The number of H-pyrrole nitrogens is 1. The van der Waals surface area contributed by atoms with Gasteiger partial charge in [0.05, 0.1) is 11.6 Å². The molecule has 0 fully saturated rings. The Kier molecular flexibility index (Phi) is 2.24. The Morgan fingerprint density at radius 2 is 2.33 bits per heavy atom. The van der Waals surface area contributed by atoms with Crippen LogP contribution in [0.1, 0.15) is 23.1 Å². The maximum absolute atomic E-state index is 11.8. The predicted molar refractivity (Wildman–Crippen MR) is 56.6 cm³/mol. The van der Waals surface area contributed by atoms with Crippen molar-refractivity contribution in [3.63, 3.8) is 0 Å². The van der Waals surface area contributed by atoms with Crippen LogP contribution in [-0.4, -0.2) is 26.8 Å². The standard InChI is InChI=1S/C10H12N4O/c1-5(11)9(15)7-3-4-12-10-8(7)13-6(2)14-10/h3-5H,11H2,1-2H3,(H,12,13,14). The average Bonchev–Trinajstić information content (AvgIpc) is 2.56. The molecule has 78 valence electrons. The summed E-state index contributed by atoms with van der Waals surface area (Å²) < 4.78 is 0. The molecule has 0 bridgehead atoms. The molecule has 5 nitrogen and oxygen atoms in total. The Balaban J connectivity index is 2.65. The number of hydrogen-bond donors (Lipinski definition) is 2. The number of carbonyl (C=O) groups is 1. The molecule has 0 amide bonds. The second kappa shape index (κ2) is 3.43. The van der Waals surface area contributed by atoms with E-state index in [0.717, 1.165) is 5.82 Å². The van der Waals surface area contributed by atoms with Crippen LogP contribution in [0.25, 0.3) is 11.2 Å². The molecule has 3 N–H and O–H groups in total. The van der Waals surface area contributed by atoms with Gasteiger partial charge in [-0.2, -0.15) is 0 Å². The molecule has 2 heterocycles. The van der Waals surface area contributed by atoms with Crippen molar-refractivity contribution < 1.29 is 4.79 Å². The number of nitrogens with one attached hydrogen (secondary N) is 1. The highest BCUT2D eigenvalue weighted by Crippen LogP contribution is 2.15. The number of carbonyl (C=O) groups excluding carboxylic acids is 1. The molecule has 2 aromatic heterocycles. The number of hydrogen-bond acceptors (Lipinski definition) is 4. The van der Waals surface area contributed by atoms with Crippen LogP contribution in [0.4, 0.5) is 0 Å². The van der Waals surface area contributed by atoms with E-state index in [9.17, 15) is 4.79 Å². The molecule has 0 spiro atoms. The summed E-state index contributed by atoms with van der Waals surface area (Å²) in [5.74, 6) is 0.633. The number of nitrogens with two attached hydrogens (primary N) is 1. The second-order valence-electron chi connectivity index (χ2n) is 3.53. The lowest BCUT2D eigenvalue weighted by atomic mass is 10.1. The molecule has 15 heavy (non-hydrogen) atoms. The third kappa shape index (κ3) is 1.61. The summed E-state index contributed by atoms with van der Waals surface area (Å²) in [6, 6.07) is 1.14. The molecule has 0 saturated heterocycles. The maximum atomic E-state index is 11.8. The van der Waals surface area contributed by atoms with E-state index < -0.39 is 6.04 Å². The monoisotopic (exact) mass is 204 g/mol. The van der Waals surface area contributed by atoms with E-state index in [1.807, 2.05) is 6.92 Å². The van der Waals surface area contributed by atoms with E-state index in [1.165, 1.54) is 0 Å². The first kappa shape index (κ1) is 9.79. The second-order valence-corrected chi connectivity index (χ2v) is 3.53. The minimum atomic E-state index is -0.515. The number of aromatic amines is 1. The number of Topliss-reactive ketones (excluding diaryl/α,β-unsaturated/α-hetero) is 1. The predicted octanol–water partition coefficient (Wildman–Crippen LogP) is 0.796. The fourth-order valence-corrected chi connectivity index (χ4v) is 1.48. The Morgan fingerprint density at radius 3 is 3.00 bits per heavy atom. The number of nitrogens with zero attached hydrogens (tertiary/aromatic N) is 2. The number of aromatic nitrogens is 3. The van der Waals surface area contributed by atoms with Gasteiger partial charge in [0.25, 0.3) is 0 Å². The molecular formula is C10H12N4O. The van der Waals surface area contributed by atoms with Gasteiger partial charge in [-0.1, -0.05) is 0 Å². The first-order valence-corrected chi connectivity index (χ1v) is 4.70. The summed E-state index contributed by atoms with van der Waals surface area (Å²) in [5, 5.41) is 0. The Hall–Kier alpha value is -1.75. The molecule has 1 atom stereocenters. The zero-order valence-electron chi connectivity index (χ0n) is 8.61. The van der Waals surface area contributed by atoms with Crippen molar-refractivity contribution in [2.24, 2.45) is 5.73 Å². The van der Waals surface area contributed by atoms with Gasteiger partial charge in [0.15, 0.2) is 11.4 Å². The van der Waals surface area contributed by atoms with Crippen molar-refractivity contribution in [1.29, 1.82) is 0 Å². The maximum Gasteiger partial charge on any atom is 0.181 e. The number of fused-ring (bicyclic) bond motifs is 1. The van der Waals surface area contributed by atoms with Crippen molar-refractivity contribution in [3.8, 4) is 0 Å². The van der Waals surface area contributed by atoms with Crippen LogP contribution in [0, 0.1) is 6.92 Å². The van der Waals surface area contributed by atoms with E-state index in [0.29, 0.717) is 16.7 Å². The van der Waals surface area contributed by atoms with Gasteiger partial charge in [-0.3, -0.25) is 4.79 Å². The third-order valence-corrected chi connectivity index (χ3v) is 2.19. The van der Waals surface area contributed by atoms with Crippen LogP contribution < -0.4 is 5.73 Å². The molecule has 0 aliphatic carbocycles. The fraction of sp³-hybridized carbons (Fsp3) is 0.300. The van der Waals surface area contributed by atoms with Crippen LogP contribution in [0.3, 0.4) is 0 Å². The molecule has 0 radical (unpaired) electrons. The molecule has 5 heteroatoms.